The highest BCUT2D eigenvalue weighted by molar-refractivity contribution is 5.94. The Bertz CT molecular complexity index is 391. The summed E-state index contributed by atoms with van der Waals surface area (Å²) in [5, 5.41) is 6.04. The van der Waals surface area contributed by atoms with Crippen LogP contribution in [0.15, 0.2) is 18.5 Å². The Morgan fingerprint density at radius 2 is 2.53 bits per heavy atom. The van der Waals surface area contributed by atoms with Gasteiger partial charge in [0.1, 0.15) is 0 Å². The molecule has 1 amide bonds. The van der Waals surface area contributed by atoms with E-state index in [0.29, 0.717) is 12.5 Å². The molecule has 4 nitrogen and oxygen atoms in total. The number of pyridine rings is 1. The first-order valence-electron chi connectivity index (χ1n) is 5.86. The monoisotopic (exact) mass is 237 g/mol. The van der Waals surface area contributed by atoms with Gasteiger partial charge in [-0.25, -0.2) is 4.39 Å². The van der Waals surface area contributed by atoms with E-state index in [2.05, 4.69) is 15.6 Å². The second kappa shape index (κ2) is 5.72. The zero-order chi connectivity index (χ0) is 12.1. The molecule has 0 aromatic carbocycles. The fourth-order valence-electron chi connectivity index (χ4n) is 1.99. The SMILES string of the molecule is O=C(NCC1CCCNC1)c1ccncc1F. The smallest absolute Gasteiger partial charge is 0.254 e. The van der Waals surface area contributed by atoms with Crippen molar-refractivity contribution in [3.63, 3.8) is 0 Å². The average Bonchev–Trinajstić information content (AvgIpc) is 2.38. The maximum Gasteiger partial charge on any atom is 0.254 e. The van der Waals surface area contributed by atoms with E-state index in [1.165, 1.54) is 12.3 Å². The summed E-state index contributed by atoms with van der Waals surface area (Å²) in [7, 11) is 0. The van der Waals surface area contributed by atoms with Crippen LogP contribution in [0.3, 0.4) is 0 Å². The Kier molecular flexibility index (Phi) is 4.03. The predicted molar refractivity (Wildman–Crippen MR) is 62.1 cm³/mol. The average molecular weight is 237 g/mol. The molecule has 1 aliphatic heterocycles. The molecule has 1 aliphatic rings. The summed E-state index contributed by atoms with van der Waals surface area (Å²) in [6.45, 7) is 2.55. The van der Waals surface area contributed by atoms with Crippen molar-refractivity contribution in [2.75, 3.05) is 19.6 Å². The summed E-state index contributed by atoms with van der Waals surface area (Å²) < 4.78 is 13.3. The summed E-state index contributed by atoms with van der Waals surface area (Å²) in [5.74, 6) is -0.500. The normalized spacial score (nSPS) is 19.9. The molecule has 1 saturated heterocycles. The van der Waals surface area contributed by atoms with Gasteiger partial charge in [-0.15, -0.1) is 0 Å². The number of piperidine rings is 1. The highest BCUT2D eigenvalue weighted by Crippen LogP contribution is 2.09. The lowest BCUT2D eigenvalue weighted by atomic mass is 10.00. The van der Waals surface area contributed by atoms with Crippen molar-refractivity contribution in [2.45, 2.75) is 12.8 Å². The number of amides is 1. The lowest BCUT2D eigenvalue weighted by molar-refractivity contribution is 0.0940. The van der Waals surface area contributed by atoms with Gasteiger partial charge in [0.15, 0.2) is 5.82 Å². The third kappa shape index (κ3) is 3.23. The van der Waals surface area contributed by atoms with Crippen LogP contribution in [0.4, 0.5) is 4.39 Å². The number of hydrogen-bond donors (Lipinski definition) is 2. The standard InChI is InChI=1S/C12H16FN3O/c13-11-8-15-5-3-10(11)12(17)16-7-9-2-1-4-14-6-9/h3,5,8-9,14H,1-2,4,6-7H2,(H,16,17). The Balaban J connectivity index is 1.87. The van der Waals surface area contributed by atoms with Crippen molar-refractivity contribution in [3.05, 3.63) is 29.8 Å². The fourth-order valence-corrected chi connectivity index (χ4v) is 1.99. The number of rotatable bonds is 3. The van der Waals surface area contributed by atoms with E-state index in [0.717, 1.165) is 32.1 Å². The highest BCUT2D eigenvalue weighted by atomic mass is 19.1. The second-order valence-corrected chi connectivity index (χ2v) is 4.28. The molecule has 1 atom stereocenters. The zero-order valence-electron chi connectivity index (χ0n) is 9.58. The third-order valence-electron chi connectivity index (χ3n) is 2.97. The van der Waals surface area contributed by atoms with Gasteiger partial charge in [0, 0.05) is 12.7 Å². The van der Waals surface area contributed by atoms with E-state index in [-0.39, 0.29) is 11.5 Å². The molecule has 2 N–H and O–H groups in total. The van der Waals surface area contributed by atoms with Gasteiger partial charge in [0.2, 0.25) is 0 Å². The minimum Gasteiger partial charge on any atom is -0.352 e. The lowest BCUT2D eigenvalue weighted by Gasteiger charge is -2.22. The molecule has 2 rings (SSSR count). The highest BCUT2D eigenvalue weighted by Gasteiger charge is 2.16. The van der Waals surface area contributed by atoms with Gasteiger partial charge in [-0.3, -0.25) is 9.78 Å². The van der Waals surface area contributed by atoms with Crippen molar-refractivity contribution in [3.8, 4) is 0 Å². The quantitative estimate of drug-likeness (QED) is 0.823. The molecule has 1 fully saturated rings. The summed E-state index contributed by atoms with van der Waals surface area (Å²) >= 11 is 0. The van der Waals surface area contributed by atoms with Crippen LogP contribution in [-0.2, 0) is 0 Å². The van der Waals surface area contributed by atoms with Gasteiger partial charge in [-0.1, -0.05) is 0 Å². The number of hydrogen-bond acceptors (Lipinski definition) is 3. The van der Waals surface area contributed by atoms with Crippen molar-refractivity contribution < 1.29 is 9.18 Å². The van der Waals surface area contributed by atoms with Crippen LogP contribution in [0, 0.1) is 11.7 Å². The first-order chi connectivity index (χ1) is 8.27. The van der Waals surface area contributed by atoms with Crippen LogP contribution in [0.25, 0.3) is 0 Å². The van der Waals surface area contributed by atoms with Gasteiger partial charge in [0.05, 0.1) is 11.8 Å². The summed E-state index contributed by atoms with van der Waals surface area (Å²) in [6.07, 6.45) is 4.70. The van der Waals surface area contributed by atoms with E-state index < -0.39 is 5.82 Å². The van der Waals surface area contributed by atoms with Crippen LogP contribution in [-0.4, -0.2) is 30.5 Å². The zero-order valence-corrected chi connectivity index (χ0v) is 9.58. The maximum absolute atomic E-state index is 13.3. The summed E-state index contributed by atoms with van der Waals surface area (Å²) in [5.41, 5.74) is 0.0590. The first kappa shape index (κ1) is 12.0. The number of carbonyl (C=O) groups is 1. The molecule has 0 bridgehead atoms. The van der Waals surface area contributed by atoms with Gasteiger partial charge >= 0.3 is 0 Å². The molecule has 1 aromatic heterocycles. The van der Waals surface area contributed by atoms with E-state index in [9.17, 15) is 9.18 Å². The maximum atomic E-state index is 13.3. The van der Waals surface area contributed by atoms with E-state index >= 15 is 0 Å². The third-order valence-corrected chi connectivity index (χ3v) is 2.97. The molecular formula is C12H16FN3O. The molecule has 5 heteroatoms. The van der Waals surface area contributed by atoms with Gasteiger partial charge in [0.25, 0.3) is 5.91 Å². The van der Waals surface area contributed by atoms with E-state index in [1.54, 1.807) is 0 Å². The Labute approximate surface area is 99.6 Å². The fraction of sp³-hybridized carbons (Fsp3) is 0.500. The molecule has 1 unspecified atom stereocenters. The minimum absolute atomic E-state index is 0.0590. The molecule has 0 radical (unpaired) electrons. The summed E-state index contributed by atoms with van der Waals surface area (Å²) in [6, 6.07) is 1.39. The predicted octanol–water partition coefficient (Wildman–Crippen LogP) is 0.950. The summed E-state index contributed by atoms with van der Waals surface area (Å²) in [4.78, 5) is 15.3. The van der Waals surface area contributed by atoms with Crippen molar-refractivity contribution in [2.24, 2.45) is 5.92 Å². The largest absolute Gasteiger partial charge is 0.352 e. The molecule has 0 saturated carbocycles. The number of carbonyl (C=O) groups excluding carboxylic acids is 1. The number of aromatic nitrogens is 1. The second-order valence-electron chi connectivity index (χ2n) is 4.28. The number of nitrogens with zero attached hydrogens (tertiary/aromatic N) is 1. The number of halogens is 1. The molecule has 2 heterocycles. The van der Waals surface area contributed by atoms with Crippen LogP contribution in [0.5, 0.6) is 0 Å². The van der Waals surface area contributed by atoms with Crippen molar-refractivity contribution in [1.29, 1.82) is 0 Å². The van der Waals surface area contributed by atoms with Crippen LogP contribution < -0.4 is 10.6 Å². The topological polar surface area (TPSA) is 54.0 Å². The lowest BCUT2D eigenvalue weighted by Crippen LogP contribution is -2.38. The van der Waals surface area contributed by atoms with E-state index in [4.69, 9.17) is 0 Å². The van der Waals surface area contributed by atoms with Crippen LogP contribution in [0.2, 0.25) is 0 Å². The Hall–Kier alpha value is -1.49. The molecule has 0 spiro atoms. The molecular weight excluding hydrogens is 221 g/mol. The molecule has 0 aliphatic carbocycles. The van der Waals surface area contributed by atoms with Crippen LogP contribution >= 0.6 is 0 Å². The van der Waals surface area contributed by atoms with Crippen molar-refractivity contribution in [1.82, 2.24) is 15.6 Å². The minimum atomic E-state index is -0.577. The Morgan fingerprint density at radius 1 is 1.65 bits per heavy atom. The molecule has 1 aromatic rings. The first-order valence-corrected chi connectivity index (χ1v) is 5.86. The van der Waals surface area contributed by atoms with Crippen molar-refractivity contribution >= 4 is 5.91 Å². The van der Waals surface area contributed by atoms with Gasteiger partial charge < -0.3 is 10.6 Å². The van der Waals surface area contributed by atoms with E-state index in [1.807, 2.05) is 0 Å². The Morgan fingerprint density at radius 3 is 3.24 bits per heavy atom. The van der Waals surface area contributed by atoms with Gasteiger partial charge in [-0.2, -0.15) is 0 Å². The number of nitrogens with one attached hydrogen (secondary N) is 2. The van der Waals surface area contributed by atoms with Crippen LogP contribution in [0.1, 0.15) is 23.2 Å². The molecule has 92 valence electrons. The van der Waals surface area contributed by atoms with Gasteiger partial charge in [-0.05, 0) is 37.9 Å². The molecule has 17 heavy (non-hydrogen) atoms.